The van der Waals surface area contributed by atoms with Crippen molar-refractivity contribution in [3.63, 3.8) is 0 Å². The molecule has 0 saturated carbocycles. The number of benzene rings is 1. The Bertz CT molecular complexity index is 628. The summed E-state index contributed by atoms with van der Waals surface area (Å²) >= 11 is 0. The summed E-state index contributed by atoms with van der Waals surface area (Å²) in [6.45, 7) is 3.77. The first-order valence-corrected chi connectivity index (χ1v) is 6.17. The number of hydrogen-bond donors (Lipinski definition) is 2. The molecule has 17 heavy (non-hydrogen) atoms. The average molecular weight is 228 g/mol. The van der Waals surface area contributed by atoms with E-state index >= 15 is 0 Å². The van der Waals surface area contributed by atoms with Crippen molar-refractivity contribution >= 4 is 10.9 Å². The highest BCUT2D eigenvalue weighted by molar-refractivity contribution is 5.86. The molecule has 2 aromatic rings. The molecule has 0 atom stereocenters. The van der Waals surface area contributed by atoms with Crippen LogP contribution in [0.1, 0.15) is 23.6 Å². The van der Waals surface area contributed by atoms with E-state index in [0.29, 0.717) is 6.54 Å². The fraction of sp³-hybridized carbons (Fsp3) is 0.357. The van der Waals surface area contributed by atoms with Crippen LogP contribution < -0.4 is 10.9 Å². The van der Waals surface area contributed by atoms with Crippen molar-refractivity contribution in [3.8, 4) is 0 Å². The van der Waals surface area contributed by atoms with Gasteiger partial charge in [-0.05, 0) is 30.5 Å². The Hall–Kier alpha value is -1.61. The van der Waals surface area contributed by atoms with Crippen LogP contribution in [0.15, 0.2) is 23.0 Å². The zero-order valence-electron chi connectivity index (χ0n) is 9.97. The van der Waals surface area contributed by atoms with Crippen LogP contribution in [0.2, 0.25) is 0 Å². The lowest BCUT2D eigenvalue weighted by atomic mass is 9.95. The molecule has 2 heterocycles. The van der Waals surface area contributed by atoms with Gasteiger partial charge in [-0.1, -0.05) is 25.1 Å². The van der Waals surface area contributed by atoms with Crippen LogP contribution in [0.4, 0.5) is 0 Å². The van der Waals surface area contributed by atoms with Gasteiger partial charge in [-0.3, -0.25) is 4.79 Å². The molecule has 0 bridgehead atoms. The van der Waals surface area contributed by atoms with Gasteiger partial charge in [0.1, 0.15) is 0 Å². The van der Waals surface area contributed by atoms with E-state index in [1.54, 1.807) is 0 Å². The van der Waals surface area contributed by atoms with Crippen molar-refractivity contribution in [2.45, 2.75) is 26.3 Å². The number of pyridine rings is 1. The predicted molar refractivity (Wildman–Crippen MR) is 69.4 cm³/mol. The van der Waals surface area contributed by atoms with Crippen LogP contribution in [-0.2, 0) is 19.4 Å². The van der Waals surface area contributed by atoms with Gasteiger partial charge in [-0.2, -0.15) is 0 Å². The van der Waals surface area contributed by atoms with Crippen LogP contribution in [0.3, 0.4) is 0 Å². The Morgan fingerprint density at radius 2 is 2.18 bits per heavy atom. The molecule has 1 aliphatic rings. The summed E-state index contributed by atoms with van der Waals surface area (Å²) in [6, 6.07) is 6.29. The molecule has 0 spiro atoms. The van der Waals surface area contributed by atoms with E-state index in [2.05, 4.69) is 35.4 Å². The molecule has 3 heteroatoms. The van der Waals surface area contributed by atoms with Crippen molar-refractivity contribution in [2.24, 2.45) is 0 Å². The molecule has 1 aromatic carbocycles. The Kier molecular flexibility index (Phi) is 2.48. The first-order chi connectivity index (χ1) is 8.31. The maximum absolute atomic E-state index is 12.1. The highest BCUT2D eigenvalue weighted by atomic mass is 16.1. The summed E-state index contributed by atoms with van der Waals surface area (Å²) in [5, 5.41) is 4.48. The number of H-pyrrole nitrogens is 1. The van der Waals surface area contributed by atoms with Gasteiger partial charge in [0.15, 0.2) is 0 Å². The zero-order chi connectivity index (χ0) is 11.8. The van der Waals surface area contributed by atoms with E-state index in [9.17, 15) is 4.79 Å². The summed E-state index contributed by atoms with van der Waals surface area (Å²) in [4.78, 5) is 15.1. The van der Waals surface area contributed by atoms with Crippen LogP contribution in [-0.4, -0.2) is 11.5 Å². The molecular formula is C14H16N2O. The molecule has 1 aliphatic heterocycles. The molecule has 0 fully saturated rings. The third-order valence-electron chi connectivity index (χ3n) is 3.59. The first-order valence-electron chi connectivity index (χ1n) is 6.17. The highest BCUT2D eigenvalue weighted by Crippen LogP contribution is 2.23. The van der Waals surface area contributed by atoms with Gasteiger partial charge in [0.2, 0.25) is 0 Å². The molecule has 3 rings (SSSR count). The zero-order valence-corrected chi connectivity index (χ0v) is 9.97. The highest BCUT2D eigenvalue weighted by Gasteiger charge is 2.16. The second-order valence-corrected chi connectivity index (χ2v) is 4.53. The van der Waals surface area contributed by atoms with Crippen LogP contribution in [0.5, 0.6) is 0 Å². The average Bonchev–Trinajstić information content (AvgIpc) is 2.39. The molecule has 1 aromatic heterocycles. The first kappa shape index (κ1) is 10.5. The number of aryl methyl sites for hydroxylation is 1. The molecule has 0 radical (unpaired) electrons. The number of aromatic amines is 1. The summed E-state index contributed by atoms with van der Waals surface area (Å²) in [5.41, 5.74) is 4.47. The lowest BCUT2D eigenvalue weighted by Crippen LogP contribution is -2.30. The summed E-state index contributed by atoms with van der Waals surface area (Å²) in [7, 11) is 0. The van der Waals surface area contributed by atoms with E-state index in [0.717, 1.165) is 30.5 Å². The smallest absolute Gasteiger partial charge is 0.253 e. The molecular weight excluding hydrogens is 212 g/mol. The van der Waals surface area contributed by atoms with Gasteiger partial charge in [0, 0.05) is 17.5 Å². The molecule has 0 saturated heterocycles. The van der Waals surface area contributed by atoms with Crippen molar-refractivity contribution in [2.75, 3.05) is 6.54 Å². The standard InChI is InChI=1S/C14H16N2O/c1-2-9-4-3-5-11-10-6-7-15-8-12(10)14(17)16-13(9)11/h3-5,15H,2,6-8H2,1H3,(H,16,17). The van der Waals surface area contributed by atoms with Gasteiger partial charge in [-0.15, -0.1) is 0 Å². The lowest BCUT2D eigenvalue weighted by Gasteiger charge is -2.19. The second kappa shape index (κ2) is 4.00. The van der Waals surface area contributed by atoms with Gasteiger partial charge >= 0.3 is 0 Å². The monoisotopic (exact) mass is 228 g/mol. The third kappa shape index (κ3) is 1.58. The topological polar surface area (TPSA) is 44.9 Å². The molecule has 3 nitrogen and oxygen atoms in total. The number of fused-ring (bicyclic) bond motifs is 3. The summed E-state index contributed by atoms with van der Waals surface area (Å²) in [5.74, 6) is 0. The molecule has 2 N–H and O–H groups in total. The molecule has 0 aliphatic carbocycles. The van der Waals surface area contributed by atoms with Crippen LogP contribution in [0.25, 0.3) is 10.9 Å². The van der Waals surface area contributed by atoms with E-state index in [4.69, 9.17) is 0 Å². The second-order valence-electron chi connectivity index (χ2n) is 4.53. The Morgan fingerprint density at radius 3 is 3.00 bits per heavy atom. The fourth-order valence-corrected chi connectivity index (χ4v) is 2.68. The van der Waals surface area contributed by atoms with Crippen LogP contribution in [0, 0.1) is 0 Å². The van der Waals surface area contributed by atoms with E-state index < -0.39 is 0 Å². The van der Waals surface area contributed by atoms with E-state index in [1.165, 1.54) is 16.5 Å². The Labute approximate surface area is 99.9 Å². The summed E-state index contributed by atoms with van der Waals surface area (Å²) in [6.07, 6.45) is 1.90. The van der Waals surface area contributed by atoms with Gasteiger partial charge in [0.25, 0.3) is 5.56 Å². The lowest BCUT2D eigenvalue weighted by molar-refractivity contribution is 0.640. The SMILES string of the molecule is CCc1cccc2c3c(c(=O)[nH]c12)CNCC3. The van der Waals surface area contributed by atoms with Crippen molar-refractivity contribution in [1.29, 1.82) is 0 Å². The van der Waals surface area contributed by atoms with Crippen LogP contribution >= 0.6 is 0 Å². The maximum atomic E-state index is 12.1. The number of aromatic nitrogens is 1. The van der Waals surface area contributed by atoms with Gasteiger partial charge in [0.05, 0.1) is 5.52 Å². The third-order valence-corrected chi connectivity index (χ3v) is 3.59. The molecule has 0 amide bonds. The number of hydrogen-bond acceptors (Lipinski definition) is 2. The largest absolute Gasteiger partial charge is 0.321 e. The predicted octanol–water partition coefficient (Wildman–Crippen LogP) is 1.74. The Morgan fingerprint density at radius 1 is 1.29 bits per heavy atom. The van der Waals surface area contributed by atoms with Crippen molar-refractivity contribution in [1.82, 2.24) is 10.3 Å². The van der Waals surface area contributed by atoms with Gasteiger partial charge in [-0.25, -0.2) is 0 Å². The minimum atomic E-state index is 0.0700. The summed E-state index contributed by atoms with van der Waals surface area (Å²) < 4.78 is 0. The number of rotatable bonds is 1. The van der Waals surface area contributed by atoms with E-state index in [1.807, 2.05) is 0 Å². The quantitative estimate of drug-likeness (QED) is 0.781. The normalized spacial score (nSPS) is 14.9. The minimum absolute atomic E-state index is 0.0700. The fourth-order valence-electron chi connectivity index (χ4n) is 2.68. The maximum Gasteiger partial charge on any atom is 0.253 e. The van der Waals surface area contributed by atoms with Crippen molar-refractivity contribution < 1.29 is 0 Å². The van der Waals surface area contributed by atoms with Gasteiger partial charge < -0.3 is 10.3 Å². The molecule has 88 valence electrons. The number of nitrogens with one attached hydrogen (secondary N) is 2. The minimum Gasteiger partial charge on any atom is -0.321 e. The number of para-hydroxylation sites is 1. The van der Waals surface area contributed by atoms with Crippen molar-refractivity contribution in [3.05, 3.63) is 45.2 Å². The molecule has 0 unspecified atom stereocenters. The Balaban J connectivity index is 2.42. The van der Waals surface area contributed by atoms with E-state index in [-0.39, 0.29) is 5.56 Å².